The summed E-state index contributed by atoms with van der Waals surface area (Å²) < 4.78 is 0. The summed E-state index contributed by atoms with van der Waals surface area (Å²) >= 11 is 0. The lowest BCUT2D eigenvalue weighted by Gasteiger charge is -2.23. The van der Waals surface area contributed by atoms with E-state index >= 15 is 0 Å². The quantitative estimate of drug-likeness (QED) is 0.841. The summed E-state index contributed by atoms with van der Waals surface area (Å²) in [5.74, 6) is 0.0399. The fraction of sp³-hybridized carbons (Fsp3) is 0.500. The average molecular weight is 234 g/mol. The summed E-state index contributed by atoms with van der Waals surface area (Å²) in [6.45, 7) is 8.04. The van der Waals surface area contributed by atoms with Crippen LogP contribution in [0.3, 0.4) is 0 Å². The van der Waals surface area contributed by atoms with E-state index in [2.05, 4.69) is 10.6 Å². The van der Waals surface area contributed by atoms with Crippen molar-refractivity contribution < 1.29 is 4.79 Å². The molecule has 1 amide bonds. The first-order chi connectivity index (χ1) is 7.84. The van der Waals surface area contributed by atoms with Crippen LogP contribution in [0.5, 0.6) is 0 Å². The Balaban J connectivity index is 2.71. The highest BCUT2D eigenvalue weighted by atomic mass is 16.1. The van der Waals surface area contributed by atoms with E-state index in [1.54, 1.807) is 0 Å². The van der Waals surface area contributed by atoms with Gasteiger partial charge in [0.15, 0.2) is 0 Å². The molecular formula is C14H22N2O. The normalized spacial score (nSPS) is 11.4. The second kappa shape index (κ2) is 5.32. The number of nitrogens with one attached hydrogen (secondary N) is 2. The number of amides is 1. The summed E-state index contributed by atoms with van der Waals surface area (Å²) in [4.78, 5) is 11.9. The molecule has 0 heterocycles. The fourth-order valence-corrected chi connectivity index (χ4v) is 1.55. The molecule has 0 aliphatic rings. The molecule has 0 radical (unpaired) electrons. The number of hydrogen-bond donors (Lipinski definition) is 2. The fourth-order valence-electron chi connectivity index (χ4n) is 1.55. The van der Waals surface area contributed by atoms with Gasteiger partial charge in [-0.15, -0.1) is 0 Å². The first kappa shape index (κ1) is 13.7. The van der Waals surface area contributed by atoms with E-state index < -0.39 is 0 Å². The van der Waals surface area contributed by atoms with Crippen molar-refractivity contribution in [3.63, 3.8) is 0 Å². The number of benzene rings is 1. The van der Waals surface area contributed by atoms with Gasteiger partial charge in [-0.05, 0) is 51.9 Å². The third kappa shape index (κ3) is 4.19. The van der Waals surface area contributed by atoms with Gasteiger partial charge in [-0.3, -0.25) is 4.79 Å². The van der Waals surface area contributed by atoms with E-state index in [1.165, 1.54) is 0 Å². The molecule has 1 rings (SSSR count). The SMILES string of the molecule is CNC(C)(C)CC(=O)Nc1cc(C)ccc1C. The molecule has 0 unspecified atom stereocenters. The van der Waals surface area contributed by atoms with E-state index in [0.29, 0.717) is 6.42 Å². The van der Waals surface area contributed by atoms with Gasteiger partial charge in [0.25, 0.3) is 0 Å². The minimum Gasteiger partial charge on any atom is -0.326 e. The molecular weight excluding hydrogens is 212 g/mol. The molecule has 0 spiro atoms. The number of carbonyl (C=O) groups excluding carboxylic acids is 1. The van der Waals surface area contributed by atoms with E-state index in [4.69, 9.17) is 0 Å². The molecule has 0 aliphatic heterocycles. The van der Waals surface area contributed by atoms with Crippen LogP contribution in [0.15, 0.2) is 18.2 Å². The number of carbonyl (C=O) groups is 1. The molecule has 0 bridgehead atoms. The Morgan fingerprint density at radius 2 is 1.94 bits per heavy atom. The Hall–Kier alpha value is -1.35. The maximum atomic E-state index is 11.9. The highest BCUT2D eigenvalue weighted by Crippen LogP contribution is 2.17. The molecule has 3 heteroatoms. The Bertz CT molecular complexity index is 411. The molecule has 1 aromatic carbocycles. The maximum Gasteiger partial charge on any atom is 0.226 e. The van der Waals surface area contributed by atoms with Gasteiger partial charge in [-0.2, -0.15) is 0 Å². The predicted octanol–water partition coefficient (Wildman–Crippen LogP) is 2.63. The van der Waals surface area contributed by atoms with Crippen molar-refractivity contribution in [2.24, 2.45) is 0 Å². The highest BCUT2D eigenvalue weighted by Gasteiger charge is 2.19. The molecule has 1 aromatic rings. The third-order valence-electron chi connectivity index (χ3n) is 2.95. The third-order valence-corrected chi connectivity index (χ3v) is 2.95. The zero-order valence-electron chi connectivity index (χ0n) is 11.3. The van der Waals surface area contributed by atoms with Crippen molar-refractivity contribution in [3.05, 3.63) is 29.3 Å². The summed E-state index contributed by atoms with van der Waals surface area (Å²) in [7, 11) is 1.87. The van der Waals surface area contributed by atoms with Crippen molar-refractivity contribution in [1.29, 1.82) is 0 Å². The van der Waals surface area contributed by atoms with Gasteiger partial charge >= 0.3 is 0 Å². The first-order valence-electron chi connectivity index (χ1n) is 5.90. The predicted molar refractivity (Wildman–Crippen MR) is 72.3 cm³/mol. The van der Waals surface area contributed by atoms with Gasteiger partial charge in [-0.25, -0.2) is 0 Å². The van der Waals surface area contributed by atoms with Crippen LogP contribution in [0, 0.1) is 13.8 Å². The van der Waals surface area contributed by atoms with Crippen LogP contribution < -0.4 is 10.6 Å². The molecule has 0 aromatic heterocycles. The number of aryl methyl sites for hydroxylation is 2. The largest absolute Gasteiger partial charge is 0.326 e. The highest BCUT2D eigenvalue weighted by molar-refractivity contribution is 5.92. The second-order valence-electron chi connectivity index (χ2n) is 5.18. The average Bonchev–Trinajstić information content (AvgIpc) is 2.23. The van der Waals surface area contributed by atoms with E-state index in [1.807, 2.05) is 52.9 Å². The molecule has 0 aliphatic carbocycles. The monoisotopic (exact) mass is 234 g/mol. The van der Waals surface area contributed by atoms with Crippen LogP contribution in [0.2, 0.25) is 0 Å². The Morgan fingerprint density at radius 3 is 2.53 bits per heavy atom. The van der Waals surface area contributed by atoms with Crippen LogP contribution in [0.4, 0.5) is 5.69 Å². The minimum atomic E-state index is -0.179. The van der Waals surface area contributed by atoms with Gasteiger partial charge in [0.05, 0.1) is 0 Å². The van der Waals surface area contributed by atoms with Crippen LogP contribution in [-0.2, 0) is 4.79 Å². The summed E-state index contributed by atoms with van der Waals surface area (Å²) in [5.41, 5.74) is 2.97. The van der Waals surface area contributed by atoms with Crippen molar-refractivity contribution in [3.8, 4) is 0 Å². The Morgan fingerprint density at radius 1 is 1.29 bits per heavy atom. The molecule has 94 valence electrons. The molecule has 0 fully saturated rings. The van der Waals surface area contributed by atoms with Crippen LogP contribution in [0.25, 0.3) is 0 Å². The van der Waals surface area contributed by atoms with E-state index in [0.717, 1.165) is 16.8 Å². The topological polar surface area (TPSA) is 41.1 Å². The number of anilines is 1. The van der Waals surface area contributed by atoms with E-state index in [-0.39, 0.29) is 11.4 Å². The lowest BCUT2D eigenvalue weighted by molar-refractivity contribution is -0.117. The summed E-state index contributed by atoms with van der Waals surface area (Å²) in [5, 5.41) is 6.09. The van der Waals surface area contributed by atoms with Crippen LogP contribution in [0.1, 0.15) is 31.4 Å². The van der Waals surface area contributed by atoms with Crippen molar-refractivity contribution in [2.75, 3.05) is 12.4 Å². The lowest BCUT2D eigenvalue weighted by Crippen LogP contribution is -2.39. The molecule has 17 heavy (non-hydrogen) atoms. The molecule has 3 nitrogen and oxygen atoms in total. The van der Waals surface area contributed by atoms with Gasteiger partial charge in [0.2, 0.25) is 5.91 Å². The minimum absolute atomic E-state index is 0.0399. The maximum absolute atomic E-state index is 11.9. The van der Waals surface area contributed by atoms with Crippen molar-refractivity contribution in [2.45, 2.75) is 39.7 Å². The lowest BCUT2D eigenvalue weighted by atomic mass is 10.0. The Kier molecular flexibility index (Phi) is 4.29. The van der Waals surface area contributed by atoms with Gasteiger partial charge in [-0.1, -0.05) is 12.1 Å². The number of hydrogen-bond acceptors (Lipinski definition) is 2. The van der Waals surface area contributed by atoms with Crippen LogP contribution >= 0.6 is 0 Å². The molecule has 0 saturated carbocycles. The van der Waals surface area contributed by atoms with Gasteiger partial charge < -0.3 is 10.6 Å². The summed E-state index contributed by atoms with van der Waals surface area (Å²) in [6.07, 6.45) is 0.455. The smallest absolute Gasteiger partial charge is 0.226 e. The summed E-state index contributed by atoms with van der Waals surface area (Å²) in [6, 6.07) is 6.07. The zero-order chi connectivity index (χ0) is 13.1. The van der Waals surface area contributed by atoms with Gasteiger partial charge in [0.1, 0.15) is 0 Å². The molecule has 2 N–H and O–H groups in total. The molecule has 0 saturated heterocycles. The van der Waals surface area contributed by atoms with Crippen molar-refractivity contribution in [1.82, 2.24) is 5.32 Å². The molecule has 0 atom stereocenters. The zero-order valence-corrected chi connectivity index (χ0v) is 11.3. The second-order valence-corrected chi connectivity index (χ2v) is 5.18. The van der Waals surface area contributed by atoms with Crippen molar-refractivity contribution >= 4 is 11.6 Å². The van der Waals surface area contributed by atoms with E-state index in [9.17, 15) is 4.79 Å². The Labute approximate surface area is 104 Å². The van der Waals surface area contributed by atoms with Crippen LogP contribution in [-0.4, -0.2) is 18.5 Å². The van der Waals surface area contributed by atoms with Gasteiger partial charge in [0, 0.05) is 17.6 Å². The standard InChI is InChI=1S/C14H22N2O/c1-10-6-7-11(2)12(8-10)16-13(17)9-14(3,4)15-5/h6-8,15H,9H2,1-5H3,(H,16,17). The first-order valence-corrected chi connectivity index (χ1v) is 5.90. The number of rotatable bonds is 4.